The molecule has 1 aromatic rings. The zero-order chi connectivity index (χ0) is 11.7. The molecular formula is C12H14ClF2N. The largest absolute Gasteiger partial charge is 0.324 e. The molecule has 1 aliphatic rings. The van der Waals surface area contributed by atoms with E-state index < -0.39 is 17.7 Å². The summed E-state index contributed by atoms with van der Waals surface area (Å²) in [7, 11) is 0. The molecule has 0 amide bonds. The van der Waals surface area contributed by atoms with Crippen molar-refractivity contribution in [1.82, 2.24) is 0 Å². The van der Waals surface area contributed by atoms with Crippen LogP contribution in [-0.2, 0) is 0 Å². The van der Waals surface area contributed by atoms with Crippen LogP contribution in [0.1, 0.15) is 37.3 Å². The molecule has 1 aliphatic carbocycles. The van der Waals surface area contributed by atoms with Gasteiger partial charge in [-0.2, -0.15) is 0 Å². The van der Waals surface area contributed by atoms with Crippen molar-refractivity contribution >= 4 is 11.6 Å². The van der Waals surface area contributed by atoms with Gasteiger partial charge in [0, 0.05) is 11.6 Å². The van der Waals surface area contributed by atoms with Crippen LogP contribution in [0.4, 0.5) is 8.78 Å². The molecule has 1 nitrogen and oxygen atoms in total. The van der Waals surface area contributed by atoms with E-state index in [4.69, 9.17) is 17.3 Å². The highest BCUT2D eigenvalue weighted by molar-refractivity contribution is 6.30. The lowest BCUT2D eigenvalue weighted by atomic mass is 9.92. The van der Waals surface area contributed by atoms with Gasteiger partial charge in [-0.05, 0) is 30.9 Å². The smallest absolute Gasteiger partial charge is 0.149 e. The third kappa shape index (κ3) is 2.06. The summed E-state index contributed by atoms with van der Waals surface area (Å²) in [6.07, 6.45) is 4.05. The number of benzene rings is 1. The predicted molar refractivity (Wildman–Crippen MR) is 60.3 cm³/mol. The van der Waals surface area contributed by atoms with Crippen molar-refractivity contribution in [2.24, 2.45) is 11.7 Å². The van der Waals surface area contributed by atoms with Gasteiger partial charge in [0.15, 0.2) is 0 Å². The predicted octanol–water partition coefficient (Wildman–Crippen LogP) is 3.81. The van der Waals surface area contributed by atoms with Crippen molar-refractivity contribution in [3.05, 3.63) is 34.4 Å². The summed E-state index contributed by atoms with van der Waals surface area (Å²) in [5.74, 6) is -1.13. The maximum absolute atomic E-state index is 13.7. The standard InChI is InChI=1S/C12H14ClF2N/c13-8-5-6-9(14)10(11(8)15)12(16)7-3-1-2-4-7/h5-7,12H,1-4,16H2/t12-/m0/s1. The fourth-order valence-electron chi connectivity index (χ4n) is 2.40. The van der Waals surface area contributed by atoms with Gasteiger partial charge in [-0.15, -0.1) is 0 Å². The van der Waals surface area contributed by atoms with Crippen molar-refractivity contribution in [2.75, 3.05) is 0 Å². The van der Waals surface area contributed by atoms with E-state index in [-0.39, 0.29) is 16.5 Å². The summed E-state index contributed by atoms with van der Waals surface area (Å²) in [5, 5.41) is -0.0650. The van der Waals surface area contributed by atoms with E-state index in [0.717, 1.165) is 25.7 Å². The van der Waals surface area contributed by atoms with Crippen LogP contribution >= 0.6 is 11.6 Å². The molecule has 88 valence electrons. The number of hydrogen-bond acceptors (Lipinski definition) is 1. The highest BCUT2D eigenvalue weighted by Gasteiger charge is 2.28. The Labute approximate surface area is 98.6 Å². The summed E-state index contributed by atoms with van der Waals surface area (Å²) >= 11 is 5.64. The summed E-state index contributed by atoms with van der Waals surface area (Å²) in [6.45, 7) is 0. The highest BCUT2D eigenvalue weighted by atomic mass is 35.5. The van der Waals surface area contributed by atoms with Crippen molar-refractivity contribution in [2.45, 2.75) is 31.7 Å². The first-order valence-electron chi connectivity index (χ1n) is 5.50. The molecule has 1 atom stereocenters. The third-order valence-corrected chi connectivity index (χ3v) is 3.61. The van der Waals surface area contributed by atoms with Crippen LogP contribution in [0.25, 0.3) is 0 Å². The summed E-state index contributed by atoms with van der Waals surface area (Å²) in [5.41, 5.74) is 5.88. The second-order valence-electron chi connectivity index (χ2n) is 4.33. The molecule has 0 saturated heterocycles. The van der Waals surface area contributed by atoms with E-state index in [1.807, 2.05) is 0 Å². The highest BCUT2D eigenvalue weighted by Crippen LogP contribution is 2.37. The Kier molecular flexibility index (Phi) is 3.45. The first-order valence-corrected chi connectivity index (χ1v) is 5.88. The first-order chi connectivity index (χ1) is 7.61. The number of rotatable bonds is 2. The zero-order valence-electron chi connectivity index (χ0n) is 8.85. The first kappa shape index (κ1) is 11.8. The Morgan fingerprint density at radius 1 is 1.25 bits per heavy atom. The molecule has 4 heteroatoms. The lowest BCUT2D eigenvalue weighted by Gasteiger charge is -2.20. The Balaban J connectivity index is 2.34. The second-order valence-corrected chi connectivity index (χ2v) is 4.73. The molecule has 1 aromatic carbocycles. The van der Waals surface area contributed by atoms with Gasteiger partial charge in [0.25, 0.3) is 0 Å². The Morgan fingerprint density at radius 2 is 1.88 bits per heavy atom. The van der Waals surface area contributed by atoms with Gasteiger partial charge in [0.2, 0.25) is 0 Å². The average molecular weight is 246 g/mol. The number of halogens is 3. The molecule has 2 rings (SSSR count). The molecule has 0 bridgehead atoms. The molecule has 1 fully saturated rings. The van der Waals surface area contributed by atoms with Gasteiger partial charge in [0.05, 0.1) is 5.02 Å². The van der Waals surface area contributed by atoms with Crippen molar-refractivity contribution < 1.29 is 8.78 Å². The second kappa shape index (κ2) is 4.68. The molecule has 16 heavy (non-hydrogen) atoms. The third-order valence-electron chi connectivity index (χ3n) is 3.32. The SMILES string of the molecule is N[C@H](c1c(F)ccc(Cl)c1F)C1CCCC1. The molecule has 0 aliphatic heterocycles. The minimum Gasteiger partial charge on any atom is -0.324 e. The van der Waals surface area contributed by atoms with Gasteiger partial charge in [-0.1, -0.05) is 24.4 Å². The van der Waals surface area contributed by atoms with E-state index >= 15 is 0 Å². The Bertz CT molecular complexity index is 389. The zero-order valence-corrected chi connectivity index (χ0v) is 9.61. The van der Waals surface area contributed by atoms with Crippen LogP contribution in [0.15, 0.2) is 12.1 Å². The lowest BCUT2D eigenvalue weighted by Crippen LogP contribution is -2.22. The van der Waals surface area contributed by atoms with Crippen LogP contribution in [0.2, 0.25) is 5.02 Å². The van der Waals surface area contributed by atoms with Gasteiger partial charge < -0.3 is 5.73 Å². The van der Waals surface area contributed by atoms with Crippen LogP contribution < -0.4 is 5.73 Å². The lowest BCUT2D eigenvalue weighted by molar-refractivity contribution is 0.410. The molecule has 0 heterocycles. The van der Waals surface area contributed by atoms with Gasteiger partial charge >= 0.3 is 0 Å². The molecule has 1 saturated carbocycles. The summed E-state index contributed by atoms with van der Waals surface area (Å²) in [6, 6.07) is 1.81. The van der Waals surface area contributed by atoms with Crippen LogP contribution in [0.5, 0.6) is 0 Å². The fourth-order valence-corrected chi connectivity index (χ4v) is 2.57. The monoisotopic (exact) mass is 245 g/mol. The van der Waals surface area contributed by atoms with E-state index in [0.29, 0.717) is 0 Å². The van der Waals surface area contributed by atoms with Gasteiger partial charge in [0.1, 0.15) is 11.6 Å². The Hall–Kier alpha value is -0.670. The van der Waals surface area contributed by atoms with E-state index in [2.05, 4.69) is 0 Å². The van der Waals surface area contributed by atoms with Gasteiger partial charge in [-0.3, -0.25) is 0 Å². The van der Waals surface area contributed by atoms with Crippen molar-refractivity contribution in [1.29, 1.82) is 0 Å². The molecule has 0 spiro atoms. The Morgan fingerprint density at radius 3 is 2.50 bits per heavy atom. The van der Waals surface area contributed by atoms with Crippen LogP contribution in [-0.4, -0.2) is 0 Å². The minimum absolute atomic E-state index is 0.0561. The molecule has 0 radical (unpaired) electrons. The number of hydrogen-bond donors (Lipinski definition) is 1. The molecule has 0 unspecified atom stereocenters. The number of nitrogens with two attached hydrogens (primary N) is 1. The maximum Gasteiger partial charge on any atom is 0.149 e. The van der Waals surface area contributed by atoms with E-state index in [1.54, 1.807) is 0 Å². The minimum atomic E-state index is -0.707. The normalized spacial score (nSPS) is 19.0. The summed E-state index contributed by atoms with van der Waals surface area (Å²) in [4.78, 5) is 0. The fraction of sp³-hybridized carbons (Fsp3) is 0.500. The van der Waals surface area contributed by atoms with Crippen LogP contribution in [0.3, 0.4) is 0 Å². The quantitative estimate of drug-likeness (QED) is 0.788. The average Bonchev–Trinajstić information content (AvgIpc) is 2.77. The van der Waals surface area contributed by atoms with Crippen molar-refractivity contribution in [3.8, 4) is 0 Å². The maximum atomic E-state index is 13.7. The van der Waals surface area contributed by atoms with Crippen LogP contribution in [0, 0.1) is 17.6 Å². The van der Waals surface area contributed by atoms with Gasteiger partial charge in [-0.25, -0.2) is 8.78 Å². The van der Waals surface area contributed by atoms with E-state index in [9.17, 15) is 8.78 Å². The summed E-state index contributed by atoms with van der Waals surface area (Å²) < 4.78 is 27.3. The topological polar surface area (TPSA) is 26.0 Å². The molecule has 0 aromatic heterocycles. The molecule has 2 N–H and O–H groups in total. The molecular weight excluding hydrogens is 232 g/mol. The van der Waals surface area contributed by atoms with Crippen molar-refractivity contribution in [3.63, 3.8) is 0 Å². The van der Waals surface area contributed by atoms with E-state index in [1.165, 1.54) is 12.1 Å².